The molecule has 8 heteroatoms. The molecule has 0 radical (unpaired) electrons. The van der Waals surface area contributed by atoms with E-state index in [-0.39, 0.29) is 36.2 Å². The monoisotopic (exact) mass is 396 g/mol. The Morgan fingerprint density at radius 2 is 1.89 bits per heavy atom. The summed E-state index contributed by atoms with van der Waals surface area (Å²) in [6, 6.07) is 3.67. The molecule has 1 heterocycles. The summed E-state index contributed by atoms with van der Waals surface area (Å²) >= 11 is 0. The number of sulfonamides is 1. The van der Waals surface area contributed by atoms with Crippen LogP contribution in [0.15, 0.2) is 12.1 Å². The highest BCUT2D eigenvalue weighted by molar-refractivity contribution is 7.89. The molecule has 0 aromatic heterocycles. The number of ketones is 1. The van der Waals surface area contributed by atoms with Gasteiger partial charge in [-0.3, -0.25) is 9.59 Å². The summed E-state index contributed by atoms with van der Waals surface area (Å²) in [5.41, 5.74) is 2.46. The Hall–Kier alpha value is -1.93. The fraction of sp³-hybridized carbons (Fsp3) is 0.579. The van der Waals surface area contributed by atoms with Crippen molar-refractivity contribution in [3.63, 3.8) is 0 Å². The lowest BCUT2D eigenvalue weighted by Gasteiger charge is -2.32. The number of hydrogen-bond acceptors (Lipinski definition) is 5. The molecule has 1 aliphatic rings. The van der Waals surface area contributed by atoms with Crippen LogP contribution >= 0.6 is 0 Å². The van der Waals surface area contributed by atoms with Gasteiger partial charge < -0.3 is 9.64 Å². The highest BCUT2D eigenvalue weighted by Gasteiger charge is 2.29. The predicted octanol–water partition coefficient (Wildman–Crippen LogP) is 1.80. The minimum Gasteiger partial charge on any atom is -0.496 e. The summed E-state index contributed by atoms with van der Waals surface area (Å²) in [6.07, 6.45) is 1.82. The van der Waals surface area contributed by atoms with Crippen LogP contribution in [0.4, 0.5) is 0 Å². The van der Waals surface area contributed by atoms with Crippen LogP contribution in [0.1, 0.15) is 47.2 Å². The first-order valence-corrected chi connectivity index (χ1v) is 10.8. The zero-order valence-electron chi connectivity index (χ0n) is 16.2. The van der Waals surface area contributed by atoms with Crippen molar-refractivity contribution < 1.29 is 22.7 Å². The van der Waals surface area contributed by atoms with E-state index in [4.69, 9.17) is 9.88 Å². The fourth-order valence-corrected chi connectivity index (χ4v) is 4.20. The Labute approximate surface area is 160 Å². The van der Waals surface area contributed by atoms with Crippen molar-refractivity contribution >= 4 is 21.7 Å². The second kappa shape index (κ2) is 8.84. The quantitative estimate of drug-likeness (QED) is 0.707. The molecule has 1 aromatic carbocycles. The summed E-state index contributed by atoms with van der Waals surface area (Å²) in [7, 11) is -1.95. The normalized spacial score (nSPS) is 17.6. The zero-order chi connectivity index (χ0) is 20.2. The maximum atomic E-state index is 12.9. The van der Waals surface area contributed by atoms with Gasteiger partial charge in [0.25, 0.3) is 0 Å². The zero-order valence-corrected chi connectivity index (χ0v) is 17.0. The molecule has 1 fully saturated rings. The summed E-state index contributed by atoms with van der Waals surface area (Å²) in [4.78, 5) is 27.0. The topological polar surface area (TPSA) is 107 Å². The third-order valence-corrected chi connectivity index (χ3v) is 5.77. The SMILES string of the molecule is COc1c(C)cc(C(=O)[C@@H]2CCCN(C(=O)CCCS(N)(=O)=O)C2)cc1C. The summed E-state index contributed by atoms with van der Waals surface area (Å²) in [5, 5.41) is 4.97. The number of aryl methyl sites for hydroxylation is 2. The molecule has 1 saturated heterocycles. The lowest BCUT2D eigenvalue weighted by Crippen LogP contribution is -2.42. The van der Waals surface area contributed by atoms with Crippen LogP contribution in [-0.4, -0.2) is 51.0 Å². The van der Waals surface area contributed by atoms with Crippen molar-refractivity contribution in [3.8, 4) is 5.75 Å². The maximum Gasteiger partial charge on any atom is 0.222 e. The van der Waals surface area contributed by atoms with Gasteiger partial charge in [-0.1, -0.05) is 0 Å². The largest absolute Gasteiger partial charge is 0.496 e. The minimum absolute atomic E-state index is 0.0332. The number of nitrogens with zero attached hydrogens (tertiary/aromatic N) is 1. The molecule has 0 spiro atoms. The van der Waals surface area contributed by atoms with E-state index in [0.29, 0.717) is 18.7 Å². The minimum atomic E-state index is -3.56. The fourth-order valence-electron chi connectivity index (χ4n) is 3.65. The Kier molecular flexibility index (Phi) is 7.00. The van der Waals surface area contributed by atoms with Gasteiger partial charge in [0.1, 0.15) is 5.75 Å². The van der Waals surface area contributed by atoms with Crippen LogP contribution in [0.3, 0.4) is 0 Å². The Balaban J connectivity index is 2.03. The maximum absolute atomic E-state index is 12.9. The van der Waals surface area contributed by atoms with Gasteiger partial charge in [0.2, 0.25) is 15.9 Å². The van der Waals surface area contributed by atoms with Gasteiger partial charge in [-0.15, -0.1) is 0 Å². The van der Waals surface area contributed by atoms with Gasteiger partial charge in [0, 0.05) is 31.0 Å². The number of carbonyl (C=O) groups excluding carboxylic acids is 2. The number of carbonyl (C=O) groups is 2. The van der Waals surface area contributed by atoms with Crippen molar-refractivity contribution in [1.29, 1.82) is 0 Å². The smallest absolute Gasteiger partial charge is 0.222 e. The number of methoxy groups -OCH3 is 1. The number of likely N-dealkylation sites (tertiary alicyclic amines) is 1. The number of Topliss-reactive ketones (excluding diaryl/α,β-unsaturated/α-hetero) is 1. The molecule has 27 heavy (non-hydrogen) atoms. The Bertz CT molecular complexity index is 796. The molecule has 1 aromatic rings. The molecule has 150 valence electrons. The van der Waals surface area contributed by atoms with Crippen molar-refractivity contribution in [2.75, 3.05) is 26.0 Å². The van der Waals surface area contributed by atoms with E-state index in [1.165, 1.54) is 0 Å². The number of ether oxygens (including phenoxy) is 1. The Morgan fingerprint density at radius 3 is 2.44 bits per heavy atom. The molecule has 1 atom stereocenters. The van der Waals surface area contributed by atoms with Crippen LogP contribution in [0.2, 0.25) is 0 Å². The molecule has 2 rings (SSSR count). The van der Waals surface area contributed by atoms with E-state index in [9.17, 15) is 18.0 Å². The lowest BCUT2D eigenvalue weighted by atomic mass is 9.88. The van der Waals surface area contributed by atoms with Gasteiger partial charge in [0.05, 0.1) is 12.9 Å². The first-order valence-electron chi connectivity index (χ1n) is 9.10. The molecule has 7 nitrogen and oxygen atoms in total. The molecular formula is C19H28N2O5S. The van der Waals surface area contributed by atoms with Gasteiger partial charge in [-0.25, -0.2) is 13.6 Å². The number of hydrogen-bond donors (Lipinski definition) is 1. The van der Waals surface area contributed by atoms with E-state index in [2.05, 4.69) is 0 Å². The predicted molar refractivity (Wildman–Crippen MR) is 103 cm³/mol. The van der Waals surface area contributed by atoms with E-state index < -0.39 is 10.0 Å². The summed E-state index contributed by atoms with van der Waals surface area (Å²) < 4.78 is 27.3. The summed E-state index contributed by atoms with van der Waals surface area (Å²) in [6.45, 7) is 4.78. The van der Waals surface area contributed by atoms with Gasteiger partial charge >= 0.3 is 0 Å². The highest BCUT2D eigenvalue weighted by atomic mass is 32.2. The van der Waals surface area contributed by atoms with E-state index in [0.717, 1.165) is 29.7 Å². The second-order valence-corrected chi connectivity index (χ2v) is 8.89. The molecule has 1 aliphatic heterocycles. The van der Waals surface area contributed by atoms with Gasteiger partial charge in [-0.2, -0.15) is 0 Å². The number of nitrogens with two attached hydrogens (primary N) is 1. The van der Waals surface area contributed by atoms with Crippen molar-refractivity contribution in [2.24, 2.45) is 11.1 Å². The van der Waals surface area contributed by atoms with Crippen molar-refractivity contribution in [2.45, 2.75) is 39.5 Å². The Morgan fingerprint density at radius 1 is 1.26 bits per heavy atom. The van der Waals surface area contributed by atoms with E-state index >= 15 is 0 Å². The van der Waals surface area contributed by atoms with Crippen molar-refractivity contribution in [1.82, 2.24) is 4.90 Å². The third-order valence-electron chi connectivity index (χ3n) is 4.91. The number of rotatable bonds is 7. The van der Waals surface area contributed by atoms with Crippen LogP contribution in [-0.2, 0) is 14.8 Å². The third kappa shape index (κ3) is 5.77. The molecule has 0 saturated carbocycles. The van der Waals surface area contributed by atoms with E-state index in [1.807, 2.05) is 26.0 Å². The number of benzene rings is 1. The molecule has 0 bridgehead atoms. The number of amides is 1. The highest BCUT2D eigenvalue weighted by Crippen LogP contribution is 2.28. The van der Waals surface area contributed by atoms with E-state index in [1.54, 1.807) is 12.0 Å². The standard InChI is InChI=1S/C19H28N2O5S/c1-13-10-16(11-14(2)19(13)26-3)18(23)15-6-4-8-21(12-15)17(22)7-5-9-27(20,24)25/h10-11,15H,4-9,12H2,1-3H3,(H2,20,24,25)/t15-/m1/s1. The van der Waals surface area contributed by atoms with Crippen LogP contribution in [0, 0.1) is 19.8 Å². The molecule has 0 aliphatic carbocycles. The molecule has 1 amide bonds. The summed E-state index contributed by atoms with van der Waals surface area (Å²) in [5.74, 6) is 0.235. The number of piperidine rings is 1. The average molecular weight is 397 g/mol. The van der Waals surface area contributed by atoms with Crippen LogP contribution in [0.25, 0.3) is 0 Å². The first-order chi connectivity index (χ1) is 12.6. The molecular weight excluding hydrogens is 368 g/mol. The van der Waals surface area contributed by atoms with Crippen LogP contribution < -0.4 is 9.88 Å². The lowest BCUT2D eigenvalue weighted by molar-refractivity contribution is -0.132. The van der Waals surface area contributed by atoms with Gasteiger partial charge in [0.15, 0.2) is 5.78 Å². The average Bonchev–Trinajstić information content (AvgIpc) is 2.59. The van der Waals surface area contributed by atoms with Gasteiger partial charge in [-0.05, 0) is 56.4 Å². The van der Waals surface area contributed by atoms with Crippen LogP contribution in [0.5, 0.6) is 5.75 Å². The number of primary sulfonamides is 1. The second-order valence-electron chi connectivity index (χ2n) is 7.16. The first kappa shape index (κ1) is 21.4. The van der Waals surface area contributed by atoms with Crippen molar-refractivity contribution in [3.05, 3.63) is 28.8 Å². The molecule has 2 N–H and O–H groups in total. The molecule has 0 unspecified atom stereocenters.